The highest BCUT2D eigenvalue weighted by atomic mass is 16.5. The topological polar surface area (TPSA) is 38.3 Å². The predicted octanol–water partition coefficient (Wildman–Crippen LogP) is 3.63. The van der Waals surface area contributed by atoms with Gasteiger partial charge in [0.15, 0.2) is 0 Å². The first-order chi connectivity index (χ1) is 8.35. The van der Waals surface area contributed by atoms with Crippen LogP contribution < -0.4 is 5.32 Å². The van der Waals surface area contributed by atoms with Crippen LogP contribution in [0.1, 0.15) is 43.6 Å². The molecule has 0 aliphatic heterocycles. The zero-order valence-electron chi connectivity index (χ0n) is 12.0. The average Bonchev–Trinajstić information content (AvgIpc) is 2.26. The van der Waals surface area contributed by atoms with Crippen LogP contribution in [0.4, 0.5) is 5.69 Å². The SMILES string of the molecule is CCOC(=O)c1cccc(NCC(C)(C)C)c1C. The van der Waals surface area contributed by atoms with Gasteiger partial charge in [-0.25, -0.2) is 4.79 Å². The van der Waals surface area contributed by atoms with Crippen molar-refractivity contribution in [2.45, 2.75) is 34.6 Å². The maximum Gasteiger partial charge on any atom is 0.338 e. The van der Waals surface area contributed by atoms with Gasteiger partial charge in [0.2, 0.25) is 0 Å². The van der Waals surface area contributed by atoms with Crippen molar-refractivity contribution in [1.29, 1.82) is 0 Å². The van der Waals surface area contributed by atoms with Gasteiger partial charge in [-0.05, 0) is 37.0 Å². The molecule has 0 amide bonds. The Morgan fingerprint density at radius 1 is 1.33 bits per heavy atom. The molecule has 0 aliphatic rings. The molecule has 18 heavy (non-hydrogen) atoms. The minimum atomic E-state index is -0.255. The van der Waals surface area contributed by atoms with E-state index in [0.717, 1.165) is 17.8 Å². The summed E-state index contributed by atoms with van der Waals surface area (Å²) in [5, 5.41) is 3.38. The van der Waals surface area contributed by atoms with Crippen molar-refractivity contribution in [3.8, 4) is 0 Å². The monoisotopic (exact) mass is 249 g/mol. The lowest BCUT2D eigenvalue weighted by atomic mass is 9.96. The Labute approximate surface area is 110 Å². The van der Waals surface area contributed by atoms with Gasteiger partial charge in [0.1, 0.15) is 0 Å². The highest BCUT2D eigenvalue weighted by Crippen LogP contribution is 2.22. The Bertz CT molecular complexity index is 419. The molecule has 0 aliphatic carbocycles. The zero-order valence-corrected chi connectivity index (χ0v) is 12.0. The van der Waals surface area contributed by atoms with E-state index in [1.165, 1.54) is 0 Å². The smallest absolute Gasteiger partial charge is 0.338 e. The number of rotatable bonds is 4. The summed E-state index contributed by atoms with van der Waals surface area (Å²) in [6.45, 7) is 11.5. The van der Waals surface area contributed by atoms with Gasteiger partial charge in [-0.1, -0.05) is 26.8 Å². The Hall–Kier alpha value is -1.51. The number of anilines is 1. The standard InChI is InChI=1S/C15H23NO2/c1-6-18-14(17)12-8-7-9-13(11(12)2)16-10-15(3,4)5/h7-9,16H,6,10H2,1-5H3. The van der Waals surface area contributed by atoms with Crippen molar-refractivity contribution in [3.63, 3.8) is 0 Å². The molecule has 0 atom stereocenters. The van der Waals surface area contributed by atoms with Crippen molar-refractivity contribution in [2.24, 2.45) is 5.41 Å². The summed E-state index contributed by atoms with van der Waals surface area (Å²) in [4.78, 5) is 11.8. The van der Waals surface area contributed by atoms with Crippen molar-refractivity contribution in [2.75, 3.05) is 18.5 Å². The van der Waals surface area contributed by atoms with Gasteiger partial charge < -0.3 is 10.1 Å². The molecule has 0 radical (unpaired) electrons. The number of carbonyl (C=O) groups excluding carboxylic acids is 1. The van der Waals surface area contributed by atoms with Gasteiger partial charge >= 0.3 is 5.97 Å². The van der Waals surface area contributed by atoms with Crippen LogP contribution in [0, 0.1) is 12.3 Å². The molecule has 0 heterocycles. The van der Waals surface area contributed by atoms with Gasteiger partial charge in [0, 0.05) is 12.2 Å². The lowest BCUT2D eigenvalue weighted by Crippen LogP contribution is -2.20. The van der Waals surface area contributed by atoms with E-state index in [2.05, 4.69) is 26.1 Å². The largest absolute Gasteiger partial charge is 0.462 e. The summed E-state index contributed by atoms with van der Waals surface area (Å²) < 4.78 is 5.04. The predicted molar refractivity (Wildman–Crippen MR) is 75.1 cm³/mol. The second-order valence-corrected chi connectivity index (χ2v) is 5.61. The van der Waals surface area contributed by atoms with Crippen LogP contribution in [-0.4, -0.2) is 19.1 Å². The Balaban J connectivity index is 2.88. The van der Waals surface area contributed by atoms with Gasteiger partial charge in [-0.15, -0.1) is 0 Å². The molecule has 0 saturated carbocycles. The van der Waals surface area contributed by atoms with Gasteiger partial charge in [-0.3, -0.25) is 0 Å². The van der Waals surface area contributed by atoms with E-state index >= 15 is 0 Å². The lowest BCUT2D eigenvalue weighted by Gasteiger charge is -2.21. The third-order valence-corrected chi connectivity index (χ3v) is 2.64. The summed E-state index contributed by atoms with van der Waals surface area (Å²) in [5.41, 5.74) is 2.78. The number of nitrogens with one attached hydrogen (secondary N) is 1. The van der Waals surface area contributed by atoms with E-state index in [-0.39, 0.29) is 11.4 Å². The molecule has 1 rings (SSSR count). The van der Waals surface area contributed by atoms with Crippen LogP contribution in [-0.2, 0) is 4.74 Å². The maximum atomic E-state index is 11.8. The first-order valence-corrected chi connectivity index (χ1v) is 6.36. The molecule has 100 valence electrons. The second-order valence-electron chi connectivity index (χ2n) is 5.61. The summed E-state index contributed by atoms with van der Waals surface area (Å²) >= 11 is 0. The third-order valence-electron chi connectivity index (χ3n) is 2.64. The minimum Gasteiger partial charge on any atom is -0.462 e. The third kappa shape index (κ3) is 4.06. The van der Waals surface area contributed by atoms with Crippen LogP contribution in [0.2, 0.25) is 0 Å². The fourth-order valence-electron chi connectivity index (χ4n) is 1.62. The zero-order chi connectivity index (χ0) is 13.8. The number of hydrogen-bond donors (Lipinski definition) is 1. The summed E-state index contributed by atoms with van der Waals surface area (Å²) in [6.07, 6.45) is 0. The lowest BCUT2D eigenvalue weighted by molar-refractivity contribution is 0.0525. The van der Waals surface area contributed by atoms with Crippen molar-refractivity contribution >= 4 is 11.7 Å². The van der Waals surface area contributed by atoms with Crippen LogP contribution in [0.5, 0.6) is 0 Å². The van der Waals surface area contributed by atoms with Gasteiger partial charge in [0.05, 0.1) is 12.2 Å². The van der Waals surface area contributed by atoms with Crippen molar-refractivity contribution in [1.82, 2.24) is 0 Å². The molecule has 1 N–H and O–H groups in total. The first kappa shape index (κ1) is 14.6. The Kier molecular flexibility index (Phi) is 4.76. The summed E-state index contributed by atoms with van der Waals surface area (Å²) in [7, 11) is 0. The molecule has 0 aromatic heterocycles. The molecule has 1 aromatic rings. The van der Waals surface area contributed by atoms with Crippen LogP contribution >= 0.6 is 0 Å². The minimum absolute atomic E-state index is 0.201. The highest BCUT2D eigenvalue weighted by Gasteiger charge is 2.14. The normalized spacial score (nSPS) is 11.2. The van der Waals surface area contributed by atoms with E-state index in [0.29, 0.717) is 12.2 Å². The number of hydrogen-bond acceptors (Lipinski definition) is 3. The van der Waals surface area contributed by atoms with Crippen LogP contribution in [0.25, 0.3) is 0 Å². The van der Waals surface area contributed by atoms with E-state index < -0.39 is 0 Å². The molecular formula is C15H23NO2. The summed E-state index contributed by atoms with van der Waals surface area (Å²) in [6, 6.07) is 5.67. The van der Waals surface area contributed by atoms with Gasteiger partial charge in [0.25, 0.3) is 0 Å². The van der Waals surface area contributed by atoms with E-state index in [1.807, 2.05) is 26.0 Å². The molecule has 0 bridgehead atoms. The van der Waals surface area contributed by atoms with Crippen LogP contribution in [0.3, 0.4) is 0 Å². The second kappa shape index (κ2) is 5.89. The van der Waals surface area contributed by atoms with E-state index in [4.69, 9.17) is 4.74 Å². The Morgan fingerprint density at radius 2 is 2.00 bits per heavy atom. The number of ether oxygens (including phenoxy) is 1. The number of esters is 1. The van der Waals surface area contributed by atoms with E-state index in [1.54, 1.807) is 6.07 Å². The molecule has 1 aromatic carbocycles. The molecule has 3 nitrogen and oxygen atoms in total. The first-order valence-electron chi connectivity index (χ1n) is 6.36. The van der Waals surface area contributed by atoms with Crippen molar-refractivity contribution < 1.29 is 9.53 Å². The van der Waals surface area contributed by atoms with Crippen LogP contribution in [0.15, 0.2) is 18.2 Å². The number of carbonyl (C=O) groups is 1. The molecular weight excluding hydrogens is 226 g/mol. The Morgan fingerprint density at radius 3 is 2.56 bits per heavy atom. The van der Waals surface area contributed by atoms with Crippen molar-refractivity contribution in [3.05, 3.63) is 29.3 Å². The molecule has 0 spiro atoms. The maximum absolute atomic E-state index is 11.8. The van der Waals surface area contributed by atoms with Gasteiger partial charge in [-0.2, -0.15) is 0 Å². The molecule has 0 unspecified atom stereocenters. The highest BCUT2D eigenvalue weighted by molar-refractivity contribution is 5.92. The number of benzene rings is 1. The fourth-order valence-corrected chi connectivity index (χ4v) is 1.62. The molecule has 0 saturated heterocycles. The molecule has 3 heteroatoms. The quantitative estimate of drug-likeness (QED) is 0.828. The fraction of sp³-hybridized carbons (Fsp3) is 0.533. The van der Waals surface area contributed by atoms with E-state index in [9.17, 15) is 4.79 Å². The average molecular weight is 249 g/mol. The molecule has 0 fully saturated rings. The summed E-state index contributed by atoms with van der Waals surface area (Å²) in [5.74, 6) is -0.255.